The minimum absolute atomic E-state index is 0.194. The summed E-state index contributed by atoms with van der Waals surface area (Å²) < 4.78 is 4.02. The fourth-order valence-corrected chi connectivity index (χ4v) is 4.09. The van der Waals surface area contributed by atoms with E-state index in [0.717, 1.165) is 47.9 Å². The van der Waals surface area contributed by atoms with Gasteiger partial charge in [-0.3, -0.25) is 4.79 Å². The molecule has 136 valence electrons. The lowest BCUT2D eigenvalue weighted by molar-refractivity contribution is -0.129. The number of imidazole rings is 1. The SMILES string of the molecule is Cn1c(Cn2cnc3ccccc32)nnc1SCC(=O)N1CCCCC1. The van der Waals surface area contributed by atoms with Gasteiger partial charge in [0.2, 0.25) is 5.91 Å². The van der Waals surface area contributed by atoms with E-state index in [1.807, 2.05) is 47.1 Å². The molecule has 0 radical (unpaired) electrons. The number of fused-ring (bicyclic) bond motifs is 1. The van der Waals surface area contributed by atoms with Crippen molar-refractivity contribution in [3.05, 3.63) is 36.4 Å². The Balaban J connectivity index is 1.42. The second-order valence-corrected chi connectivity index (χ2v) is 7.49. The maximum atomic E-state index is 12.3. The minimum Gasteiger partial charge on any atom is -0.342 e. The van der Waals surface area contributed by atoms with Crippen molar-refractivity contribution < 1.29 is 4.79 Å². The van der Waals surface area contributed by atoms with Gasteiger partial charge in [0.05, 0.1) is 29.7 Å². The zero-order valence-electron chi connectivity index (χ0n) is 14.8. The van der Waals surface area contributed by atoms with E-state index in [-0.39, 0.29) is 5.91 Å². The quantitative estimate of drug-likeness (QED) is 0.645. The van der Waals surface area contributed by atoms with Gasteiger partial charge in [-0.05, 0) is 31.4 Å². The molecule has 3 aromatic rings. The predicted octanol–water partition coefficient (Wildman–Crippen LogP) is 2.32. The van der Waals surface area contributed by atoms with Crippen molar-refractivity contribution in [1.29, 1.82) is 0 Å². The van der Waals surface area contributed by atoms with Crippen LogP contribution >= 0.6 is 11.8 Å². The molecule has 0 N–H and O–H groups in total. The van der Waals surface area contributed by atoms with E-state index in [4.69, 9.17) is 0 Å². The second kappa shape index (κ2) is 7.49. The van der Waals surface area contributed by atoms with Crippen molar-refractivity contribution in [3.8, 4) is 0 Å². The molecule has 1 aliphatic rings. The molecule has 8 heteroatoms. The summed E-state index contributed by atoms with van der Waals surface area (Å²) in [6.07, 6.45) is 5.28. The van der Waals surface area contributed by atoms with Crippen molar-refractivity contribution in [1.82, 2.24) is 29.2 Å². The van der Waals surface area contributed by atoms with E-state index < -0.39 is 0 Å². The van der Waals surface area contributed by atoms with Gasteiger partial charge in [-0.25, -0.2) is 4.98 Å². The molecule has 0 atom stereocenters. The smallest absolute Gasteiger partial charge is 0.233 e. The average molecular weight is 370 g/mol. The summed E-state index contributed by atoms with van der Waals surface area (Å²) in [6, 6.07) is 8.03. The molecule has 0 unspecified atom stereocenters. The van der Waals surface area contributed by atoms with Crippen LogP contribution in [0, 0.1) is 0 Å². The topological polar surface area (TPSA) is 68.8 Å². The maximum Gasteiger partial charge on any atom is 0.233 e. The summed E-state index contributed by atoms with van der Waals surface area (Å²) in [7, 11) is 1.95. The van der Waals surface area contributed by atoms with Crippen molar-refractivity contribution in [2.24, 2.45) is 7.05 Å². The van der Waals surface area contributed by atoms with Gasteiger partial charge in [-0.1, -0.05) is 23.9 Å². The molecule has 1 aliphatic heterocycles. The molecule has 2 aromatic heterocycles. The van der Waals surface area contributed by atoms with Crippen LogP contribution in [0.3, 0.4) is 0 Å². The summed E-state index contributed by atoms with van der Waals surface area (Å²) in [5.74, 6) is 1.46. The molecule has 0 bridgehead atoms. The number of hydrogen-bond donors (Lipinski definition) is 0. The lowest BCUT2D eigenvalue weighted by Gasteiger charge is -2.26. The first kappa shape index (κ1) is 17.1. The van der Waals surface area contributed by atoms with E-state index in [0.29, 0.717) is 12.3 Å². The van der Waals surface area contributed by atoms with Gasteiger partial charge in [-0.15, -0.1) is 10.2 Å². The number of hydrogen-bond acceptors (Lipinski definition) is 5. The molecule has 3 heterocycles. The second-order valence-electron chi connectivity index (χ2n) is 6.55. The van der Waals surface area contributed by atoms with Crippen LogP contribution in [0.4, 0.5) is 0 Å². The monoisotopic (exact) mass is 370 g/mol. The highest BCUT2D eigenvalue weighted by Crippen LogP contribution is 2.19. The number of aromatic nitrogens is 5. The summed E-state index contributed by atoms with van der Waals surface area (Å²) in [4.78, 5) is 18.7. The first-order valence-electron chi connectivity index (χ1n) is 8.91. The van der Waals surface area contributed by atoms with Gasteiger partial charge in [-0.2, -0.15) is 0 Å². The van der Waals surface area contributed by atoms with Crippen LogP contribution in [0.5, 0.6) is 0 Å². The number of rotatable bonds is 5. The van der Waals surface area contributed by atoms with E-state index >= 15 is 0 Å². The van der Waals surface area contributed by atoms with Crippen molar-refractivity contribution in [2.45, 2.75) is 31.0 Å². The van der Waals surface area contributed by atoms with Gasteiger partial charge < -0.3 is 14.0 Å². The number of amides is 1. The van der Waals surface area contributed by atoms with Gasteiger partial charge in [0.15, 0.2) is 11.0 Å². The molecule has 0 aliphatic carbocycles. The largest absolute Gasteiger partial charge is 0.342 e. The zero-order valence-corrected chi connectivity index (χ0v) is 15.7. The standard InChI is InChI=1S/C18H22N6OS/c1-22-16(11-24-13-19-14-7-3-4-8-15(14)24)20-21-18(22)26-12-17(25)23-9-5-2-6-10-23/h3-4,7-8,13H,2,5-6,9-12H2,1H3. The summed E-state index contributed by atoms with van der Waals surface area (Å²) in [5, 5.41) is 9.34. The lowest BCUT2D eigenvalue weighted by atomic mass is 10.1. The van der Waals surface area contributed by atoms with E-state index in [2.05, 4.69) is 19.7 Å². The van der Waals surface area contributed by atoms with Gasteiger partial charge in [0.25, 0.3) is 0 Å². The molecule has 1 amide bonds. The van der Waals surface area contributed by atoms with Crippen LogP contribution in [-0.2, 0) is 18.4 Å². The molecule has 1 fully saturated rings. The molecule has 1 aromatic carbocycles. The van der Waals surface area contributed by atoms with Crippen LogP contribution in [0.15, 0.2) is 35.7 Å². The third kappa shape index (κ3) is 3.46. The van der Waals surface area contributed by atoms with Crippen molar-refractivity contribution in [2.75, 3.05) is 18.8 Å². The zero-order chi connectivity index (χ0) is 17.9. The average Bonchev–Trinajstić information content (AvgIpc) is 3.25. The molecule has 0 spiro atoms. The Labute approximate surface area is 156 Å². The maximum absolute atomic E-state index is 12.3. The number of likely N-dealkylation sites (tertiary alicyclic amines) is 1. The highest BCUT2D eigenvalue weighted by molar-refractivity contribution is 7.99. The molecule has 26 heavy (non-hydrogen) atoms. The van der Waals surface area contributed by atoms with Crippen LogP contribution < -0.4 is 0 Å². The summed E-state index contributed by atoms with van der Waals surface area (Å²) in [5.41, 5.74) is 2.04. The molecule has 4 rings (SSSR count). The number of benzene rings is 1. The Morgan fingerprint density at radius 1 is 1.15 bits per heavy atom. The first-order valence-corrected chi connectivity index (χ1v) is 9.89. The first-order chi connectivity index (χ1) is 12.7. The van der Waals surface area contributed by atoms with E-state index in [1.165, 1.54) is 18.2 Å². The Bertz CT molecular complexity index is 911. The third-order valence-corrected chi connectivity index (χ3v) is 5.80. The van der Waals surface area contributed by atoms with Crippen LogP contribution in [-0.4, -0.2) is 54.0 Å². The van der Waals surface area contributed by atoms with Crippen LogP contribution in [0.1, 0.15) is 25.1 Å². The molecular formula is C18H22N6OS. The Kier molecular flexibility index (Phi) is 4.92. The molecule has 0 saturated carbocycles. The molecule has 7 nitrogen and oxygen atoms in total. The number of thioether (sulfide) groups is 1. The Hall–Kier alpha value is -2.35. The highest BCUT2D eigenvalue weighted by atomic mass is 32.2. The van der Waals surface area contributed by atoms with Gasteiger partial charge >= 0.3 is 0 Å². The lowest BCUT2D eigenvalue weighted by Crippen LogP contribution is -2.36. The summed E-state index contributed by atoms with van der Waals surface area (Å²) >= 11 is 1.46. The normalized spacial score (nSPS) is 14.9. The van der Waals surface area contributed by atoms with Crippen LogP contribution in [0.2, 0.25) is 0 Å². The molecule has 1 saturated heterocycles. The van der Waals surface area contributed by atoms with Gasteiger partial charge in [0.1, 0.15) is 0 Å². The fraction of sp³-hybridized carbons (Fsp3) is 0.444. The van der Waals surface area contributed by atoms with Crippen molar-refractivity contribution in [3.63, 3.8) is 0 Å². The Morgan fingerprint density at radius 3 is 2.81 bits per heavy atom. The Morgan fingerprint density at radius 2 is 1.96 bits per heavy atom. The number of carbonyl (C=O) groups excluding carboxylic acids is 1. The fourth-order valence-electron chi connectivity index (χ4n) is 3.26. The number of nitrogens with zero attached hydrogens (tertiary/aromatic N) is 6. The molecular weight excluding hydrogens is 348 g/mol. The third-order valence-electron chi connectivity index (χ3n) is 4.80. The van der Waals surface area contributed by atoms with Crippen LogP contribution in [0.25, 0.3) is 11.0 Å². The van der Waals surface area contributed by atoms with Gasteiger partial charge in [0, 0.05) is 20.1 Å². The van der Waals surface area contributed by atoms with Crippen molar-refractivity contribution >= 4 is 28.7 Å². The predicted molar refractivity (Wildman–Crippen MR) is 101 cm³/mol. The minimum atomic E-state index is 0.194. The summed E-state index contributed by atoms with van der Waals surface area (Å²) in [6.45, 7) is 2.37. The van der Waals surface area contributed by atoms with E-state index in [9.17, 15) is 4.79 Å². The van der Waals surface area contributed by atoms with E-state index in [1.54, 1.807) is 0 Å². The number of carbonyl (C=O) groups is 1. The highest BCUT2D eigenvalue weighted by Gasteiger charge is 2.18. The number of para-hydroxylation sites is 2. The number of piperidine rings is 1.